The average molecular weight is 608 g/mol. The predicted octanol–water partition coefficient (Wildman–Crippen LogP) is 12.9. The number of fused-ring (bicyclic) bond motifs is 12. The van der Waals surface area contributed by atoms with Gasteiger partial charge in [-0.2, -0.15) is 0 Å². The molecule has 2 aromatic heterocycles. The first kappa shape index (κ1) is 25.9. The van der Waals surface area contributed by atoms with Crippen molar-refractivity contribution < 1.29 is 4.42 Å². The normalized spacial score (nSPS) is 13.6. The molecule has 1 aliphatic rings. The highest BCUT2D eigenvalue weighted by Gasteiger charge is 2.36. The Morgan fingerprint density at radius 3 is 2.24 bits per heavy atom. The lowest BCUT2D eigenvalue weighted by Gasteiger charge is -2.28. The van der Waals surface area contributed by atoms with Gasteiger partial charge in [0.25, 0.3) is 0 Å². The van der Waals surface area contributed by atoms with Crippen molar-refractivity contribution >= 4 is 81.3 Å². The van der Waals surface area contributed by atoms with Crippen LogP contribution in [-0.2, 0) is 5.41 Å². The molecule has 0 atom stereocenters. The molecular formula is C43H29NOS. The van der Waals surface area contributed by atoms with E-state index in [0.717, 1.165) is 33.6 Å². The van der Waals surface area contributed by atoms with E-state index in [2.05, 4.69) is 158 Å². The molecule has 7 aromatic carbocycles. The van der Waals surface area contributed by atoms with Gasteiger partial charge >= 0.3 is 0 Å². The summed E-state index contributed by atoms with van der Waals surface area (Å²) in [4.78, 5) is 2.44. The maximum atomic E-state index is 6.80. The summed E-state index contributed by atoms with van der Waals surface area (Å²) in [6.45, 7) is 4.70. The summed E-state index contributed by atoms with van der Waals surface area (Å²) in [7, 11) is 0. The Morgan fingerprint density at radius 2 is 1.33 bits per heavy atom. The molecule has 0 amide bonds. The van der Waals surface area contributed by atoms with E-state index in [0.29, 0.717) is 0 Å². The number of hydrogen-bond donors (Lipinski definition) is 0. The Balaban J connectivity index is 1.28. The molecule has 2 heterocycles. The molecule has 0 fully saturated rings. The van der Waals surface area contributed by atoms with E-state index in [4.69, 9.17) is 4.42 Å². The van der Waals surface area contributed by atoms with E-state index >= 15 is 0 Å². The Morgan fingerprint density at radius 1 is 0.543 bits per heavy atom. The highest BCUT2D eigenvalue weighted by Crippen LogP contribution is 2.52. The number of rotatable bonds is 3. The highest BCUT2D eigenvalue weighted by molar-refractivity contribution is 7.26. The molecule has 0 radical (unpaired) electrons. The van der Waals surface area contributed by atoms with Crippen molar-refractivity contribution in [2.75, 3.05) is 4.90 Å². The van der Waals surface area contributed by atoms with Gasteiger partial charge in [-0.05, 0) is 87.6 Å². The fraction of sp³-hybridized carbons (Fsp3) is 0.0698. The number of nitrogens with zero attached hydrogens (tertiary/aromatic N) is 1. The lowest BCUT2D eigenvalue weighted by molar-refractivity contribution is 0.660. The van der Waals surface area contributed by atoms with Crippen molar-refractivity contribution in [3.63, 3.8) is 0 Å². The largest absolute Gasteiger partial charge is 0.455 e. The first-order valence-corrected chi connectivity index (χ1v) is 16.7. The van der Waals surface area contributed by atoms with Crippen molar-refractivity contribution in [2.24, 2.45) is 0 Å². The number of furan rings is 1. The molecule has 9 aromatic rings. The third-order valence-corrected chi connectivity index (χ3v) is 11.2. The maximum absolute atomic E-state index is 6.80. The molecule has 0 saturated heterocycles. The van der Waals surface area contributed by atoms with Gasteiger partial charge in [-0.15, -0.1) is 11.3 Å². The summed E-state index contributed by atoms with van der Waals surface area (Å²) in [5.41, 5.74) is 10.7. The van der Waals surface area contributed by atoms with E-state index in [1.807, 2.05) is 11.3 Å². The van der Waals surface area contributed by atoms with Gasteiger partial charge in [0.1, 0.15) is 11.2 Å². The second-order valence-electron chi connectivity index (χ2n) is 12.9. The van der Waals surface area contributed by atoms with Crippen LogP contribution >= 0.6 is 11.3 Å². The molecule has 1 aliphatic carbocycles. The van der Waals surface area contributed by atoms with Crippen molar-refractivity contribution in [3.8, 4) is 11.1 Å². The standard InChI is InChI=1S/C43H29NOS/c1-43(2)33-16-9-8-15-30(33)31-21-20-28(25-34(31)43)44(27-12-4-3-5-13-27)35-17-10-18-37-40(35)41-38(46-37)24-22-32-39-29-14-7-6-11-26(29)19-23-36(39)45-42(32)41/h3-25H,1-2H3. The molecule has 2 nitrogen and oxygen atoms in total. The van der Waals surface area contributed by atoms with Crippen molar-refractivity contribution in [3.05, 3.63) is 151 Å². The smallest absolute Gasteiger partial charge is 0.144 e. The number of anilines is 3. The Bertz CT molecular complexity index is 2680. The second kappa shape index (κ2) is 9.32. The fourth-order valence-corrected chi connectivity index (χ4v) is 9.04. The second-order valence-corrected chi connectivity index (χ2v) is 14.0. The van der Waals surface area contributed by atoms with Crippen LogP contribution in [0.15, 0.2) is 144 Å². The molecule has 10 rings (SSSR count). The minimum Gasteiger partial charge on any atom is -0.455 e. The van der Waals surface area contributed by atoms with Gasteiger partial charge in [-0.1, -0.05) is 98.8 Å². The SMILES string of the molecule is CC1(C)c2ccccc2-c2ccc(N(c3ccccc3)c3cccc4sc5ccc6c(oc7ccc8ccccc8c76)c5c34)cc21. The van der Waals surface area contributed by atoms with Crippen molar-refractivity contribution in [2.45, 2.75) is 19.3 Å². The fourth-order valence-electron chi connectivity index (χ4n) is 7.91. The minimum atomic E-state index is -0.0887. The topological polar surface area (TPSA) is 16.4 Å². The van der Waals surface area contributed by atoms with E-state index in [1.165, 1.54) is 58.6 Å². The van der Waals surface area contributed by atoms with E-state index in [9.17, 15) is 0 Å². The summed E-state index contributed by atoms with van der Waals surface area (Å²) < 4.78 is 9.28. The third kappa shape index (κ3) is 3.46. The van der Waals surface area contributed by atoms with Crippen LogP contribution in [-0.4, -0.2) is 0 Å². The monoisotopic (exact) mass is 607 g/mol. The number of thiophene rings is 1. The van der Waals surface area contributed by atoms with Crippen LogP contribution in [0.2, 0.25) is 0 Å². The summed E-state index contributed by atoms with van der Waals surface area (Å²) >= 11 is 1.84. The van der Waals surface area contributed by atoms with Crippen LogP contribution in [0, 0.1) is 0 Å². The van der Waals surface area contributed by atoms with Crippen molar-refractivity contribution in [1.82, 2.24) is 0 Å². The van der Waals surface area contributed by atoms with Gasteiger partial charge in [0.15, 0.2) is 0 Å². The lowest BCUT2D eigenvalue weighted by Crippen LogP contribution is -2.16. The maximum Gasteiger partial charge on any atom is 0.144 e. The van der Waals surface area contributed by atoms with E-state index in [1.54, 1.807) is 0 Å². The van der Waals surface area contributed by atoms with Gasteiger partial charge < -0.3 is 9.32 Å². The molecule has 0 bridgehead atoms. The number of benzene rings is 7. The summed E-state index contributed by atoms with van der Waals surface area (Å²) in [5.74, 6) is 0. The van der Waals surface area contributed by atoms with Gasteiger partial charge in [-0.3, -0.25) is 0 Å². The van der Waals surface area contributed by atoms with E-state index < -0.39 is 0 Å². The predicted molar refractivity (Wildman–Crippen MR) is 196 cm³/mol. The molecular weight excluding hydrogens is 579 g/mol. The molecule has 0 spiro atoms. The lowest BCUT2D eigenvalue weighted by atomic mass is 9.82. The van der Waals surface area contributed by atoms with Crippen LogP contribution in [0.5, 0.6) is 0 Å². The average Bonchev–Trinajstić information content (AvgIpc) is 3.74. The first-order valence-electron chi connectivity index (χ1n) is 15.9. The Labute approximate surface area is 270 Å². The van der Waals surface area contributed by atoms with Gasteiger partial charge in [-0.25, -0.2) is 0 Å². The molecule has 0 unspecified atom stereocenters. The summed E-state index contributed by atoms with van der Waals surface area (Å²) in [5, 5.41) is 7.21. The molecule has 3 heteroatoms. The van der Waals surface area contributed by atoms with Crippen molar-refractivity contribution in [1.29, 1.82) is 0 Å². The van der Waals surface area contributed by atoms with E-state index in [-0.39, 0.29) is 5.41 Å². The Kier molecular flexibility index (Phi) is 5.25. The van der Waals surface area contributed by atoms with Crippen LogP contribution in [0.25, 0.3) is 64.0 Å². The quantitative estimate of drug-likeness (QED) is 0.199. The molecule has 0 aliphatic heterocycles. The zero-order chi connectivity index (χ0) is 30.6. The summed E-state index contributed by atoms with van der Waals surface area (Å²) in [6, 6.07) is 50.8. The van der Waals surface area contributed by atoms with Gasteiger partial charge in [0.2, 0.25) is 0 Å². The van der Waals surface area contributed by atoms with Crippen LogP contribution in [0.4, 0.5) is 17.1 Å². The van der Waals surface area contributed by atoms with Gasteiger partial charge in [0, 0.05) is 47.7 Å². The molecule has 46 heavy (non-hydrogen) atoms. The number of para-hydroxylation sites is 1. The minimum absolute atomic E-state index is 0.0887. The summed E-state index contributed by atoms with van der Waals surface area (Å²) in [6.07, 6.45) is 0. The molecule has 218 valence electrons. The third-order valence-electron chi connectivity index (χ3n) is 10.0. The zero-order valence-corrected chi connectivity index (χ0v) is 26.4. The van der Waals surface area contributed by atoms with Gasteiger partial charge in [0.05, 0.1) is 5.69 Å². The van der Waals surface area contributed by atoms with Crippen LogP contribution < -0.4 is 4.90 Å². The first-order chi connectivity index (χ1) is 22.6. The highest BCUT2D eigenvalue weighted by atomic mass is 32.1. The van der Waals surface area contributed by atoms with Crippen LogP contribution in [0.1, 0.15) is 25.0 Å². The molecule has 0 N–H and O–H groups in total. The number of hydrogen-bond acceptors (Lipinski definition) is 3. The zero-order valence-electron chi connectivity index (χ0n) is 25.5. The Hall–Kier alpha value is -5.38. The molecule has 0 saturated carbocycles. The van der Waals surface area contributed by atoms with Crippen LogP contribution in [0.3, 0.4) is 0 Å².